The molecule has 0 aromatic heterocycles. The van der Waals surface area contributed by atoms with E-state index in [1.165, 1.54) is 0 Å². The van der Waals surface area contributed by atoms with Crippen molar-refractivity contribution in [1.29, 1.82) is 0 Å². The zero-order valence-corrected chi connectivity index (χ0v) is 14.1. The normalized spacial score (nSPS) is 22.6. The Kier molecular flexibility index (Phi) is 6.97. The molecule has 5 nitrogen and oxygen atoms in total. The first-order chi connectivity index (χ1) is 8.38. The number of rotatable bonds is 5. The molecule has 0 spiro atoms. The van der Waals surface area contributed by atoms with E-state index in [4.69, 9.17) is 0 Å². The number of aliphatic imine (C=N–C) groups is 1. The molecule has 1 unspecified atom stereocenters. The summed E-state index contributed by atoms with van der Waals surface area (Å²) in [4.78, 5) is 27.7. The van der Waals surface area contributed by atoms with E-state index in [2.05, 4.69) is 16.9 Å². The summed E-state index contributed by atoms with van der Waals surface area (Å²) in [5.74, 6) is -1.31. The molecule has 1 aliphatic heterocycles. The first-order valence-electron chi connectivity index (χ1n) is 6.14. The van der Waals surface area contributed by atoms with Gasteiger partial charge in [-0.3, -0.25) is 9.59 Å². The number of hydrogen-bond acceptors (Lipinski definition) is 3. The molecule has 6 heteroatoms. The van der Waals surface area contributed by atoms with Gasteiger partial charge in [-0.1, -0.05) is 32.3 Å². The zero-order valence-electron chi connectivity index (χ0n) is 12.1. The Morgan fingerprint density at radius 2 is 1.95 bits per heavy atom. The molecular weight excluding hydrogens is 255 g/mol. The molecule has 0 aliphatic carbocycles. The molecule has 1 aliphatic rings. The predicted octanol–water partition coefficient (Wildman–Crippen LogP) is -2.25. The molecule has 19 heavy (non-hydrogen) atoms. The van der Waals surface area contributed by atoms with Crippen LogP contribution in [0.5, 0.6) is 0 Å². The van der Waals surface area contributed by atoms with Crippen LogP contribution in [0.4, 0.5) is 0 Å². The van der Waals surface area contributed by atoms with Crippen LogP contribution in [-0.2, 0) is 9.59 Å². The summed E-state index contributed by atoms with van der Waals surface area (Å²) < 4.78 is 0. The molecule has 1 atom stereocenters. The van der Waals surface area contributed by atoms with E-state index in [0.29, 0.717) is 12.8 Å². The standard InChI is InChI=1S/C13H20N2O3.Na/c1-5-9(6-2)13(7-8(3)4)10(16)14-12(18)15-11(13)17;/h9H,3,5-7H2,1-2,4H3,(H2,14,15,16,17,18);/q;+1/p-1. The summed E-state index contributed by atoms with van der Waals surface area (Å²) >= 11 is 0. The molecule has 0 bridgehead atoms. The summed E-state index contributed by atoms with van der Waals surface area (Å²) in [5.41, 5.74) is -0.529. The van der Waals surface area contributed by atoms with Crippen LogP contribution in [0.25, 0.3) is 0 Å². The number of amidine groups is 1. The van der Waals surface area contributed by atoms with Crippen LogP contribution in [-0.4, -0.2) is 17.8 Å². The molecular formula is C13H19N2NaO3. The van der Waals surface area contributed by atoms with Gasteiger partial charge < -0.3 is 10.4 Å². The van der Waals surface area contributed by atoms with E-state index in [0.717, 1.165) is 5.57 Å². The van der Waals surface area contributed by atoms with Gasteiger partial charge in [-0.05, 0) is 19.3 Å². The number of allylic oxidation sites excluding steroid dienone is 1. The van der Waals surface area contributed by atoms with E-state index in [-0.39, 0.29) is 41.9 Å². The van der Waals surface area contributed by atoms with Gasteiger partial charge in [0, 0.05) is 0 Å². The van der Waals surface area contributed by atoms with Crippen LogP contribution in [0.1, 0.15) is 40.0 Å². The van der Waals surface area contributed by atoms with Crippen molar-refractivity contribution in [3.8, 4) is 0 Å². The van der Waals surface area contributed by atoms with E-state index >= 15 is 0 Å². The molecule has 0 aromatic carbocycles. The summed E-state index contributed by atoms with van der Waals surface area (Å²) in [7, 11) is 0. The molecule has 1 rings (SSSR count). The Balaban J connectivity index is 0.00000324. The Morgan fingerprint density at radius 1 is 1.42 bits per heavy atom. The van der Waals surface area contributed by atoms with Crippen molar-refractivity contribution in [3.05, 3.63) is 12.2 Å². The van der Waals surface area contributed by atoms with Gasteiger partial charge in [0.2, 0.25) is 5.91 Å². The number of hydrogen-bond donors (Lipinski definition) is 1. The predicted molar refractivity (Wildman–Crippen MR) is 66.5 cm³/mol. The minimum atomic E-state index is -1.26. The fraction of sp³-hybridized carbons (Fsp3) is 0.615. The van der Waals surface area contributed by atoms with Gasteiger partial charge in [0.05, 0.1) is 6.02 Å². The quantitative estimate of drug-likeness (QED) is 0.349. The van der Waals surface area contributed by atoms with Gasteiger partial charge in [-0.2, -0.15) is 0 Å². The van der Waals surface area contributed by atoms with Crippen molar-refractivity contribution >= 4 is 17.8 Å². The van der Waals surface area contributed by atoms with Crippen LogP contribution in [0.15, 0.2) is 17.1 Å². The van der Waals surface area contributed by atoms with Crippen LogP contribution < -0.4 is 40.0 Å². The molecule has 0 aromatic rings. The van der Waals surface area contributed by atoms with Crippen molar-refractivity contribution in [3.63, 3.8) is 0 Å². The van der Waals surface area contributed by atoms with Crippen molar-refractivity contribution in [1.82, 2.24) is 5.32 Å². The summed E-state index contributed by atoms with van der Waals surface area (Å²) in [6, 6.07) is -0.867. The second-order valence-corrected chi connectivity index (χ2v) is 4.79. The summed E-state index contributed by atoms with van der Waals surface area (Å²) in [6.07, 6.45) is 1.58. The molecule has 0 saturated heterocycles. The second-order valence-electron chi connectivity index (χ2n) is 4.79. The van der Waals surface area contributed by atoms with E-state index in [9.17, 15) is 14.7 Å². The van der Waals surface area contributed by atoms with Gasteiger partial charge >= 0.3 is 29.6 Å². The topological polar surface area (TPSA) is 81.6 Å². The number of nitrogens with one attached hydrogen (secondary N) is 1. The SMILES string of the molecule is C=C(C)CC1(C(CC)CC)C(=O)N=C([O-])NC1=O.[Na+]. The van der Waals surface area contributed by atoms with Crippen LogP contribution in [0.3, 0.4) is 0 Å². The molecule has 0 saturated carbocycles. The van der Waals surface area contributed by atoms with E-state index < -0.39 is 23.3 Å². The average Bonchev–Trinajstić information content (AvgIpc) is 2.26. The van der Waals surface area contributed by atoms with Crippen LogP contribution in [0.2, 0.25) is 0 Å². The largest absolute Gasteiger partial charge is 1.00 e. The Labute approximate surface area is 135 Å². The van der Waals surface area contributed by atoms with Crippen LogP contribution in [0, 0.1) is 11.3 Å². The summed E-state index contributed by atoms with van der Waals surface area (Å²) in [5, 5.41) is 13.3. The third kappa shape index (κ3) is 3.46. The maximum atomic E-state index is 12.2. The van der Waals surface area contributed by atoms with Gasteiger partial charge in [0.1, 0.15) is 5.41 Å². The van der Waals surface area contributed by atoms with Gasteiger partial charge in [0.15, 0.2) is 0 Å². The first kappa shape index (κ1) is 18.4. The van der Waals surface area contributed by atoms with Crippen molar-refractivity contribution in [2.24, 2.45) is 16.3 Å². The van der Waals surface area contributed by atoms with Crippen molar-refractivity contribution in [2.45, 2.75) is 40.0 Å². The fourth-order valence-electron chi connectivity index (χ4n) is 2.65. The Hall–Kier alpha value is -0.650. The average molecular weight is 274 g/mol. The van der Waals surface area contributed by atoms with Gasteiger partial charge in [0.25, 0.3) is 5.91 Å². The third-order valence-electron chi connectivity index (χ3n) is 3.47. The first-order valence-corrected chi connectivity index (χ1v) is 6.14. The molecule has 2 amide bonds. The maximum absolute atomic E-state index is 12.2. The fourth-order valence-corrected chi connectivity index (χ4v) is 2.65. The molecule has 0 fully saturated rings. The van der Waals surface area contributed by atoms with E-state index in [1.807, 2.05) is 13.8 Å². The number of nitrogens with zero attached hydrogens (tertiary/aromatic N) is 1. The van der Waals surface area contributed by atoms with Gasteiger partial charge in [-0.15, -0.1) is 6.58 Å². The third-order valence-corrected chi connectivity index (χ3v) is 3.47. The number of amides is 2. The van der Waals surface area contributed by atoms with Crippen molar-refractivity contribution < 1.29 is 44.3 Å². The smallest absolute Gasteiger partial charge is 0.846 e. The van der Waals surface area contributed by atoms with E-state index in [1.54, 1.807) is 6.92 Å². The molecule has 1 heterocycles. The van der Waals surface area contributed by atoms with Crippen molar-refractivity contribution in [2.75, 3.05) is 0 Å². The molecule has 1 N–H and O–H groups in total. The minimum Gasteiger partial charge on any atom is -0.846 e. The summed E-state index contributed by atoms with van der Waals surface area (Å²) in [6.45, 7) is 9.38. The Bertz CT molecular complexity index is 416. The Morgan fingerprint density at radius 3 is 2.32 bits per heavy atom. The minimum absolute atomic E-state index is 0. The molecule has 0 radical (unpaired) electrons. The monoisotopic (exact) mass is 274 g/mol. The van der Waals surface area contributed by atoms with Gasteiger partial charge in [-0.25, -0.2) is 4.99 Å². The number of carbonyl (C=O) groups is 2. The maximum Gasteiger partial charge on any atom is 1.00 e. The zero-order chi connectivity index (χ0) is 13.9. The van der Waals surface area contributed by atoms with Crippen LogP contribution >= 0.6 is 0 Å². The second kappa shape index (κ2) is 7.22. The number of carbonyl (C=O) groups excluding carboxylic acids is 2. The molecule has 100 valence electrons.